The molecule has 56 heavy (non-hydrogen) atoms. The van der Waals surface area contributed by atoms with E-state index in [1.54, 1.807) is 0 Å². The Bertz CT molecular complexity index is 1640. The molecule has 9 heteroatoms. The molecule has 0 heterocycles. The molecule has 0 aliphatic heterocycles. The van der Waals surface area contributed by atoms with Gasteiger partial charge in [-0.05, 0) is 82.5 Å². The molecule has 0 saturated heterocycles. The standard InChI is InChI=1S/2C18H15P.C6H16N2.C5H8O4.Ru/c2*1-4-10-16(11-5-1)19(17-12-6-2-7-13-17)18-14-8-3-9-15-18;1-5(2,7)6(3,4)8;1-8-4(6)3-5(7)9-2;/h2*1-15H;7-8H2,1-4H3;3,6H,1-2H3;/q;;;;+1/p-1/b;;;4-3+;. The normalized spacial score (nSPS) is 10.9. The van der Waals surface area contributed by atoms with E-state index in [0.717, 1.165) is 6.08 Å². The summed E-state index contributed by atoms with van der Waals surface area (Å²) in [6, 6.07) is 64.7. The molecule has 0 aromatic heterocycles. The molecule has 0 fully saturated rings. The second-order valence-electron chi connectivity index (χ2n) is 13.3. The number of esters is 1. The smallest absolute Gasteiger partial charge is 0.616 e. The minimum absolute atomic E-state index is 0. The van der Waals surface area contributed by atoms with Crippen LogP contribution in [0, 0.1) is 0 Å². The van der Waals surface area contributed by atoms with Crippen molar-refractivity contribution in [1.82, 2.24) is 0 Å². The van der Waals surface area contributed by atoms with Gasteiger partial charge in [0, 0.05) is 17.2 Å². The average molecular weight is 873 g/mol. The van der Waals surface area contributed by atoms with Gasteiger partial charge < -0.3 is 26.0 Å². The van der Waals surface area contributed by atoms with Crippen LogP contribution in [-0.2, 0) is 33.7 Å². The van der Waals surface area contributed by atoms with Gasteiger partial charge in [0.2, 0.25) is 0 Å². The van der Waals surface area contributed by atoms with Crippen molar-refractivity contribution in [2.24, 2.45) is 11.5 Å². The van der Waals surface area contributed by atoms with Gasteiger partial charge in [-0.3, -0.25) is 0 Å². The van der Waals surface area contributed by atoms with Crippen LogP contribution in [0.25, 0.3) is 0 Å². The molecule has 6 aromatic rings. The van der Waals surface area contributed by atoms with Crippen LogP contribution in [0.15, 0.2) is 194 Å². The summed E-state index contributed by atoms with van der Waals surface area (Å²) < 4.78 is 8.25. The monoisotopic (exact) mass is 873 g/mol. The first-order valence-electron chi connectivity index (χ1n) is 17.8. The van der Waals surface area contributed by atoms with Crippen molar-refractivity contribution < 1.29 is 38.9 Å². The van der Waals surface area contributed by atoms with Gasteiger partial charge >= 0.3 is 25.4 Å². The molecular weight excluding hydrogens is 820 g/mol. The topological polar surface area (TPSA) is 111 Å². The molecule has 0 atom stereocenters. The third-order valence-corrected chi connectivity index (χ3v) is 13.3. The molecule has 0 spiro atoms. The number of benzene rings is 6. The van der Waals surface area contributed by atoms with Gasteiger partial charge in [0.15, 0.2) is 0 Å². The van der Waals surface area contributed by atoms with E-state index in [0.29, 0.717) is 0 Å². The third-order valence-electron chi connectivity index (χ3n) is 8.39. The molecule has 6 nitrogen and oxygen atoms in total. The summed E-state index contributed by atoms with van der Waals surface area (Å²) in [6.07, 6.45) is 0.722. The van der Waals surface area contributed by atoms with Crippen molar-refractivity contribution in [1.29, 1.82) is 0 Å². The first-order chi connectivity index (χ1) is 26.4. The first-order valence-corrected chi connectivity index (χ1v) is 20.5. The Morgan fingerprint density at radius 3 is 0.804 bits per heavy atom. The molecule has 0 bridgehead atoms. The van der Waals surface area contributed by atoms with Crippen LogP contribution in [0.5, 0.6) is 0 Å². The molecule has 0 aliphatic carbocycles. The predicted molar refractivity (Wildman–Crippen MR) is 234 cm³/mol. The Morgan fingerprint density at radius 1 is 0.464 bits per heavy atom. The van der Waals surface area contributed by atoms with Gasteiger partial charge in [-0.15, -0.1) is 0 Å². The van der Waals surface area contributed by atoms with Gasteiger partial charge in [0.25, 0.3) is 0 Å². The van der Waals surface area contributed by atoms with Crippen molar-refractivity contribution in [3.8, 4) is 0 Å². The van der Waals surface area contributed by atoms with Crippen molar-refractivity contribution in [2.75, 3.05) is 14.2 Å². The number of hydrogen-bond donors (Lipinski definition) is 2. The van der Waals surface area contributed by atoms with E-state index in [4.69, 9.17) is 11.5 Å². The number of carbonyl (C=O) groups is 1. The van der Waals surface area contributed by atoms with Crippen LogP contribution in [0.2, 0.25) is 0 Å². The number of methoxy groups -OCH3 is 2. The molecule has 6 rings (SSSR count). The van der Waals surface area contributed by atoms with E-state index in [2.05, 4.69) is 191 Å². The van der Waals surface area contributed by atoms with Crippen LogP contribution in [0.1, 0.15) is 27.7 Å². The maximum Gasteiger partial charge on any atom is 1.00 e. The van der Waals surface area contributed by atoms with Crippen molar-refractivity contribution in [3.63, 3.8) is 0 Å². The second-order valence-corrected chi connectivity index (χ2v) is 17.8. The minimum atomic E-state index is -0.707. The van der Waals surface area contributed by atoms with Gasteiger partial charge in [-0.1, -0.05) is 182 Å². The SMILES string of the molecule is CC(C)(N)C(C)(C)N.COC(=O)/C=C(\[O-])OC.[Ru+].c1ccc(P(c2ccccc2)c2ccccc2)cc1.c1ccc(P(c2ccccc2)c2ccccc2)cc1. The van der Waals surface area contributed by atoms with Gasteiger partial charge in [-0.2, -0.15) is 0 Å². The largest absolute Gasteiger partial charge is 1.00 e. The Hall–Kier alpha value is -4.47. The number of nitrogens with two attached hydrogens (primary N) is 2. The Balaban J connectivity index is 0.000000276. The number of rotatable bonds is 9. The summed E-state index contributed by atoms with van der Waals surface area (Å²) in [6.45, 7) is 7.69. The summed E-state index contributed by atoms with van der Waals surface area (Å²) in [5.41, 5.74) is 10.8. The Labute approximate surface area is 349 Å². The molecule has 4 N–H and O–H groups in total. The number of carbonyl (C=O) groups excluding carboxylic acids is 1. The van der Waals surface area contributed by atoms with E-state index in [1.807, 2.05) is 27.7 Å². The van der Waals surface area contributed by atoms with Crippen molar-refractivity contribution in [2.45, 2.75) is 38.8 Å². The van der Waals surface area contributed by atoms with Crippen molar-refractivity contribution >= 4 is 53.6 Å². The van der Waals surface area contributed by atoms with Crippen LogP contribution in [0.4, 0.5) is 0 Å². The zero-order chi connectivity index (χ0) is 40.1. The molecule has 6 aromatic carbocycles. The molecule has 0 saturated carbocycles. The zero-order valence-electron chi connectivity index (χ0n) is 32.9. The summed E-state index contributed by atoms with van der Waals surface area (Å²) in [5.74, 6) is -1.41. The van der Waals surface area contributed by atoms with E-state index in [-0.39, 0.29) is 30.6 Å². The van der Waals surface area contributed by atoms with Gasteiger partial charge in [-0.25, -0.2) is 4.79 Å². The summed E-state index contributed by atoms with van der Waals surface area (Å²) >= 11 is 0. The van der Waals surface area contributed by atoms with Crippen LogP contribution in [-0.4, -0.2) is 31.3 Å². The number of hydrogen-bond acceptors (Lipinski definition) is 6. The fourth-order valence-electron chi connectivity index (χ4n) is 4.57. The fraction of sp³-hybridized carbons (Fsp3) is 0.170. The first kappa shape index (κ1) is 47.7. The Morgan fingerprint density at radius 2 is 0.661 bits per heavy atom. The fourth-order valence-corrected chi connectivity index (χ4v) is 9.18. The van der Waals surface area contributed by atoms with E-state index < -0.39 is 27.8 Å². The predicted octanol–water partition coefficient (Wildman–Crippen LogP) is 6.36. The molecule has 293 valence electrons. The minimum Gasteiger partial charge on any atom is -0.616 e. The maximum atomic E-state index is 10.2. The van der Waals surface area contributed by atoms with Gasteiger partial charge in [0.1, 0.15) is 0 Å². The van der Waals surface area contributed by atoms with Crippen LogP contribution >= 0.6 is 15.8 Å². The molecule has 1 radical (unpaired) electrons. The molecule has 0 unspecified atom stereocenters. The summed E-state index contributed by atoms with van der Waals surface area (Å²) in [5, 5.41) is 18.6. The molecule has 0 amide bonds. The second kappa shape index (κ2) is 24.9. The zero-order valence-corrected chi connectivity index (χ0v) is 36.5. The molecular formula is C47H53N2O4P2Ru. The average Bonchev–Trinajstić information content (AvgIpc) is 3.20. The summed E-state index contributed by atoms with van der Waals surface area (Å²) in [4.78, 5) is 10.2. The van der Waals surface area contributed by atoms with E-state index in [1.165, 1.54) is 46.0 Å². The van der Waals surface area contributed by atoms with E-state index in [9.17, 15) is 9.90 Å². The van der Waals surface area contributed by atoms with Gasteiger partial charge in [0.05, 0.1) is 13.1 Å². The number of ether oxygens (including phenoxy) is 2. The maximum absolute atomic E-state index is 10.2. The van der Waals surface area contributed by atoms with Crippen molar-refractivity contribution in [3.05, 3.63) is 194 Å². The van der Waals surface area contributed by atoms with Crippen LogP contribution < -0.4 is 48.4 Å². The Kier molecular flexibility index (Phi) is 21.2. The summed E-state index contributed by atoms with van der Waals surface area (Å²) in [7, 11) is 1.47. The molecule has 0 aliphatic rings. The third kappa shape index (κ3) is 16.3. The van der Waals surface area contributed by atoms with Crippen LogP contribution in [0.3, 0.4) is 0 Å². The van der Waals surface area contributed by atoms with E-state index >= 15 is 0 Å². The quantitative estimate of drug-likeness (QED) is 0.0577.